The number of carbonyl (C=O) groups excluding carboxylic acids is 1. The van der Waals surface area contributed by atoms with Crippen molar-refractivity contribution in [2.24, 2.45) is 29.4 Å². The van der Waals surface area contributed by atoms with Gasteiger partial charge in [0.15, 0.2) is 9.84 Å². The Balaban J connectivity index is 2.19. The van der Waals surface area contributed by atoms with Crippen LogP contribution in [0.15, 0.2) is 27.9 Å². The molecule has 3 rings (SSSR count). The van der Waals surface area contributed by atoms with Gasteiger partial charge in [0.05, 0.1) is 15.9 Å². The lowest BCUT2D eigenvalue weighted by atomic mass is 9.69. The van der Waals surface area contributed by atoms with Gasteiger partial charge in [-0.3, -0.25) is 9.36 Å². The molecule has 0 bridgehead atoms. The number of fused-ring (bicyclic) bond motifs is 1. The van der Waals surface area contributed by atoms with E-state index >= 15 is 0 Å². The molecule has 160 valence electrons. The van der Waals surface area contributed by atoms with E-state index in [9.17, 15) is 18.0 Å². The Hall–Kier alpha value is -1.93. The molecule has 7 nitrogen and oxygen atoms in total. The van der Waals surface area contributed by atoms with Gasteiger partial charge in [0, 0.05) is 25.3 Å². The molecule has 0 spiro atoms. The average Bonchev–Trinajstić information content (AvgIpc) is 2.91. The molecule has 0 radical (unpaired) electrons. The quantitative estimate of drug-likeness (QED) is 0.799. The Morgan fingerprint density at radius 2 is 1.93 bits per heavy atom. The van der Waals surface area contributed by atoms with Crippen LogP contribution in [0.3, 0.4) is 0 Å². The van der Waals surface area contributed by atoms with Gasteiger partial charge < -0.3 is 5.73 Å². The topological polar surface area (TPSA) is 104 Å². The fraction of sp³-hybridized carbons (Fsp3) is 0.619. The minimum Gasteiger partial charge on any atom is -0.329 e. The first-order valence-corrected chi connectivity index (χ1v) is 12.1. The second-order valence-corrected chi connectivity index (χ2v) is 10.8. The van der Waals surface area contributed by atoms with E-state index in [4.69, 9.17) is 5.73 Å². The highest BCUT2D eigenvalue weighted by Crippen LogP contribution is 2.39. The molecule has 1 fully saturated rings. The summed E-state index contributed by atoms with van der Waals surface area (Å²) in [4.78, 5) is 26.9. The summed E-state index contributed by atoms with van der Waals surface area (Å²) in [6.07, 6.45) is 3.95. The van der Waals surface area contributed by atoms with Crippen LogP contribution in [-0.2, 0) is 16.4 Å². The second kappa shape index (κ2) is 8.07. The zero-order valence-corrected chi connectivity index (χ0v) is 18.4. The summed E-state index contributed by atoms with van der Waals surface area (Å²) < 4.78 is 26.6. The lowest BCUT2D eigenvalue weighted by molar-refractivity contribution is 0.0633. The molecule has 1 heterocycles. The summed E-state index contributed by atoms with van der Waals surface area (Å²) in [6.45, 7) is 6.83. The zero-order chi connectivity index (χ0) is 21.5. The van der Waals surface area contributed by atoms with E-state index in [0.717, 1.165) is 25.5 Å². The van der Waals surface area contributed by atoms with Crippen LogP contribution >= 0.6 is 0 Å². The van der Waals surface area contributed by atoms with Crippen LogP contribution in [0.4, 0.5) is 0 Å². The lowest BCUT2D eigenvalue weighted by Crippen LogP contribution is -2.40. The summed E-state index contributed by atoms with van der Waals surface area (Å²) in [6, 6.07) is 4.49. The third-order valence-corrected chi connectivity index (χ3v) is 7.35. The van der Waals surface area contributed by atoms with Gasteiger partial charge in [-0.2, -0.15) is 0 Å². The SMILES string of the molecule is CC1CCC(C(C)C)C(C(=O)n2c(=O)n(CCN)c3cc(S(C)(=O)=O)ccc32)C1. The van der Waals surface area contributed by atoms with Gasteiger partial charge in [0.2, 0.25) is 5.91 Å². The van der Waals surface area contributed by atoms with Gasteiger partial charge in [-0.25, -0.2) is 17.8 Å². The van der Waals surface area contributed by atoms with Gasteiger partial charge >= 0.3 is 5.69 Å². The van der Waals surface area contributed by atoms with E-state index in [1.165, 1.54) is 21.3 Å². The zero-order valence-electron chi connectivity index (χ0n) is 17.6. The number of hydrogen-bond donors (Lipinski definition) is 1. The highest BCUT2D eigenvalue weighted by molar-refractivity contribution is 7.90. The van der Waals surface area contributed by atoms with E-state index in [1.807, 2.05) is 0 Å². The normalized spacial score (nSPS) is 23.0. The molecule has 1 aliphatic rings. The molecular formula is C21H31N3O4S. The van der Waals surface area contributed by atoms with Crippen LogP contribution in [0.1, 0.15) is 44.8 Å². The van der Waals surface area contributed by atoms with E-state index in [-0.39, 0.29) is 35.7 Å². The fourth-order valence-electron chi connectivity index (χ4n) is 4.68. The van der Waals surface area contributed by atoms with Crippen molar-refractivity contribution in [2.45, 2.75) is 51.5 Å². The minimum atomic E-state index is -3.44. The molecule has 3 unspecified atom stereocenters. The summed E-state index contributed by atoms with van der Waals surface area (Å²) in [5.74, 6) is 0.607. The molecule has 2 N–H and O–H groups in total. The van der Waals surface area contributed by atoms with E-state index < -0.39 is 15.5 Å². The Kier molecular flexibility index (Phi) is 6.06. The molecule has 0 amide bonds. The highest BCUT2D eigenvalue weighted by atomic mass is 32.2. The predicted octanol–water partition coefficient (Wildman–Crippen LogP) is 2.51. The number of nitrogens with zero attached hydrogens (tertiary/aromatic N) is 2. The molecule has 8 heteroatoms. The third kappa shape index (κ3) is 4.05. The largest absolute Gasteiger partial charge is 0.336 e. The molecule has 1 aliphatic carbocycles. The maximum absolute atomic E-state index is 13.6. The number of nitrogens with two attached hydrogens (primary N) is 1. The van der Waals surface area contributed by atoms with Crippen LogP contribution in [-0.4, -0.2) is 36.3 Å². The summed E-state index contributed by atoms with van der Waals surface area (Å²) >= 11 is 0. The van der Waals surface area contributed by atoms with Gasteiger partial charge in [-0.05, 0) is 48.8 Å². The third-order valence-electron chi connectivity index (χ3n) is 6.24. The Morgan fingerprint density at radius 3 is 2.52 bits per heavy atom. The Bertz CT molecular complexity index is 1080. The highest BCUT2D eigenvalue weighted by Gasteiger charge is 2.37. The van der Waals surface area contributed by atoms with Gasteiger partial charge in [-0.15, -0.1) is 0 Å². The number of hydrogen-bond acceptors (Lipinski definition) is 5. The van der Waals surface area contributed by atoms with Crippen molar-refractivity contribution in [3.05, 3.63) is 28.7 Å². The lowest BCUT2D eigenvalue weighted by Gasteiger charge is -2.36. The number of imidazole rings is 1. The van der Waals surface area contributed by atoms with E-state index in [2.05, 4.69) is 20.8 Å². The molecule has 29 heavy (non-hydrogen) atoms. The molecule has 0 aliphatic heterocycles. The van der Waals surface area contributed by atoms with Gasteiger partial charge in [-0.1, -0.05) is 27.2 Å². The Labute approximate surface area is 171 Å². The molecule has 1 aromatic heterocycles. The fourth-order valence-corrected chi connectivity index (χ4v) is 5.32. The van der Waals surface area contributed by atoms with Crippen molar-refractivity contribution < 1.29 is 13.2 Å². The molecule has 1 aromatic carbocycles. The maximum Gasteiger partial charge on any atom is 0.336 e. The van der Waals surface area contributed by atoms with E-state index in [0.29, 0.717) is 22.9 Å². The predicted molar refractivity (Wildman–Crippen MR) is 114 cm³/mol. The number of rotatable bonds is 5. The molecule has 2 aromatic rings. The number of sulfone groups is 1. The van der Waals surface area contributed by atoms with Crippen molar-refractivity contribution >= 4 is 26.8 Å². The first kappa shape index (κ1) is 21.8. The van der Waals surface area contributed by atoms with Crippen LogP contribution in [0.2, 0.25) is 0 Å². The van der Waals surface area contributed by atoms with Crippen molar-refractivity contribution in [1.29, 1.82) is 0 Å². The first-order valence-electron chi connectivity index (χ1n) is 10.3. The molecular weight excluding hydrogens is 390 g/mol. The number of benzene rings is 1. The first-order chi connectivity index (χ1) is 13.6. The Morgan fingerprint density at radius 1 is 1.24 bits per heavy atom. The molecule has 0 saturated heterocycles. The smallest absolute Gasteiger partial charge is 0.329 e. The van der Waals surface area contributed by atoms with Crippen molar-refractivity contribution in [1.82, 2.24) is 9.13 Å². The molecule has 1 saturated carbocycles. The van der Waals surface area contributed by atoms with Crippen molar-refractivity contribution in [3.8, 4) is 0 Å². The van der Waals surface area contributed by atoms with Crippen LogP contribution in [0.25, 0.3) is 11.0 Å². The van der Waals surface area contributed by atoms with Gasteiger partial charge in [0.25, 0.3) is 0 Å². The summed E-state index contributed by atoms with van der Waals surface area (Å²) in [7, 11) is -3.44. The monoisotopic (exact) mass is 421 g/mol. The average molecular weight is 422 g/mol. The maximum atomic E-state index is 13.6. The van der Waals surface area contributed by atoms with Crippen LogP contribution in [0, 0.1) is 23.7 Å². The molecule has 3 atom stereocenters. The van der Waals surface area contributed by atoms with Crippen molar-refractivity contribution in [2.75, 3.05) is 12.8 Å². The number of aromatic nitrogens is 2. The van der Waals surface area contributed by atoms with E-state index in [1.54, 1.807) is 6.07 Å². The standard InChI is InChI=1S/C21H31N3O4S/c1-13(2)16-7-5-14(3)11-17(16)20(25)24-18-8-6-15(29(4,27)28)12-19(18)23(10-9-22)21(24)26/h6,8,12-14,16-17H,5,7,9-11,22H2,1-4H3. The minimum absolute atomic E-state index is 0.117. The summed E-state index contributed by atoms with van der Waals surface area (Å²) in [5, 5.41) is 0. The van der Waals surface area contributed by atoms with Gasteiger partial charge in [0.1, 0.15) is 0 Å². The summed E-state index contributed by atoms with van der Waals surface area (Å²) in [5.41, 5.74) is 6.12. The second-order valence-electron chi connectivity index (χ2n) is 8.75. The van der Waals surface area contributed by atoms with Crippen molar-refractivity contribution in [3.63, 3.8) is 0 Å². The van der Waals surface area contributed by atoms with Crippen LogP contribution < -0.4 is 11.4 Å². The number of carbonyl (C=O) groups is 1. The van der Waals surface area contributed by atoms with Crippen LogP contribution in [0.5, 0.6) is 0 Å².